The molecular weight excluding hydrogens is 340 g/mol. The van der Waals surface area contributed by atoms with Crippen molar-refractivity contribution >= 4 is 29.3 Å². The van der Waals surface area contributed by atoms with E-state index in [1.165, 1.54) is 17.3 Å². The molecule has 0 aliphatic rings. The van der Waals surface area contributed by atoms with Crippen LogP contribution in [0.15, 0.2) is 59.5 Å². The number of carbonyl (C=O) groups excluding carboxylic acids is 1. The van der Waals surface area contributed by atoms with Gasteiger partial charge in [-0.15, -0.1) is 11.8 Å². The number of carbonyl (C=O) groups is 1. The molecule has 5 heteroatoms. The lowest BCUT2D eigenvalue weighted by molar-refractivity contribution is -0.118. The largest absolute Gasteiger partial charge is 0.355 e. The number of rotatable bonds is 9. The summed E-state index contributed by atoms with van der Waals surface area (Å²) in [7, 11) is 2.10. The van der Waals surface area contributed by atoms with Crippen molar-refractivity contribution < 1.29 is 4.79 Å². The van der Waals surface area contributed by atoms with Gasteiger partial charge in [-0.25, -0.2) is 0 Å². The number of hydrogen-bond acceptors (Lipinski definition) is 3. The molecule has 0 heterocycles. The molecule has 0 spiro atoms. The number of nitrogens with zero attached hydrogens (tertiary/aromatic N) is 1. The Morgan fingerprint density at radius 1 is 1.12 bits per heavy atom. The predicted molar refractivity (Wildman–Crippen MR) is 103 cm³/mol. The highest BCUT2D eigenvalue weighted by Crippen LogP contribution is 2.26. The van der Waals surface area contributed by atoms with Gasteiger partial charge in [0.05, 0.1) is 10.8 Å². The standard InChI is InChI=1S/C19H23ClN2OS/c1-22(14-16-8-3-2-4-9-16)13-7-12-21-19(23)15-24-18-11-6-5-10-17(18)20/h2-6,8-11H,7,12-15H2,1H3,(H,21,23). The smallest absolute Gasteiger partial charge is 0.230 e. The van der Waals surface area contributed by atoms with Gasteiger partial charge in [0.2, 0.25) is 5.91 Å². The molecule has 0 unspecified atom stereocenters. The first-order valence-electron chi connectivity index (χ1n) is 8.01. The van der Waals surface area contributed by atoms with Crippen LogP contribution >= 0.6 is 23.4 Å². The molecule has 2 aromatic rings. The Labute approximate surface area is 153 Å². The van der Waals surface area contributed by atoms with Crippen molar-refractivity contribution in [3.8, 4) is 0 Å². The summed E-state index contributed by atoms with van der Waals surface area (Å²) >= 11 is 7.54. The van der Waals surface area contributed by atoms with Crippen LogP contribution in [-0.2, 0) is 11.3 Å². The zero-order valence-electron chi connectivity index (χ0n) is 13.9. The average molecular weight is 363 g/mol. The van der Waals surface area contributed by atoms with Crippen LogP contribution in [0.1, 0.15) is 12.0 Å². The summed E-state index contributed by atoms with van der Waals surface area (Å²) in [5.74, 6) is 0.439. The lowest BCUT2D eigenvalue weighted by atomic mass is 10.2. The van der Waals surface area contributed by atoms with Gasteiger partial charge >= 0.3 is 0 Å². The molecule has 128 valence electrons. The molecule has 0 aromatic heterocycles. The second kappa shape index (κ2) is 10.4. The van der Waals surface area contributed by atoms with E-state index in [0.717, 1.165) is 24.4 Å². The summed E-state index contributed by atoms with van der Waals surface area (Å²) in [4.78, 5) is 15.1. The van der Waals surface area contributed by atoms with E-state index in [-0.39, 0.29) is 5.91 Å². The third-order valence-corrected chi connectivity index (χ3v) is 5.04. The fourth-order valence-corrected chi connectivity index (χ4v) is 3.38. The maximum atomic E-state index is 11.9. The van der Waals surface area contributed by atoms with Crippen LogP contribution < -0.4 is 5.32 Å². The van der Waals surface area contributed by atoms with Crippen LogP contribution in [0.3, 0.4) is 0 Å². The Kier molecular flexibility index (Phi) is 8.16. The van der Waals surface area contributed by atoms with Crippen LogP contribution in [0, 0.1) is 0 Å². The third-order valence-electron chi connectivity index (χ3n) is 3.53. The number of benzene rings is 2. The van der Waals surface area contributed by atoms with E-state index in [4.69, 9.17) is 11.6 Å². The second-order valence-electron chi connectivity index (χ2n) is 5.65. The molecule has 0 bridgehead atoms. The molecule has 24 heavy (non-hydrogen) atoms. The quantitative estimate of drug-likeness (QED) is 0.539. The highest BCUT2D eigenvalue weighted by Gasteiger charge is 2.05. The normalized spacial score (nSPS) is 10.8. The fraction of sp³-hybridized carbons (Fsp3) is 0.316. The Hall–Kier alpha value is -1.49. The summed E-state index contributed by atoms with van der Waals surface area (Å²) in [6.07, 6.45) is 0.936. The number of hydrogen-bond donors (Lipinski definition) is 1. The lowest BCUT2D eigenvalue weighted by Gasteiger charge is -2.16. The summed E-state index contributed by atoms with van der Waals surface area (Å²) in [6, 6.07) is 18.0. The van der Waals surface area contributed by atoms with Gasteiger partial charge < -0.3 is 10.2 Å². The molecular formula is C19H23ClN2OS. The minimum absolute atomic E-state index is 0.0469. The van der Waals surface area contributed by atoms with Gasteiger partial charge in [-0.3, -0.25) is 4.79 Å². The minimum Gasteiger partial charge on any atom is -0.355 e. The van der Waals surface area contributed by atoms with Crippen LogP contribution in [0.2, 0.25) is 5.02 Å². The Bertz CT molecular complexity index is 636. The lowest BCUT2D eigenvalue weighted by Crippen LogP contribution is -2.29. The van der Waals surface area contributed by atoms with Crippen LogP contribution in [0.25, 0.3) is 0 Å². The maximum absolute atomic E-state index is 11.9. The zero-order valence-corrected chi connectivity index (χ0v) is 15.4. The number of amides is 1. The highest BCUT2D eigenvalue weighted by atomic mass is 35.5. The summed E-state index contributed by atoms with van der Waals surface area (Å²) in [5.41, 5.74) is 1.31. The molecule has 0 fully saturated rings. The van der Waals surface area contributed by atoms with Gasteiger partial charge in [0, 0.05) is 18.0 Å². The van der Waals surface area contributed by atoms with Gasteiger partial charge in [0.15, 0.2) is 0 Å². The van der Waals surface area contributed by atoms with Crippen molar-refractivity contribution in [3.05, 3.63) is 65.2 Å². The first-order chi connectivity index (χ1) is 11.6. The first-order valence-corrected chi connectivity index (χ1v) is 9.38. The van der Waals surface area contributed by atoms with Crippen molar-refractivity contribution in [1.29, 1.82) is 0 Å². The minimum atomic E-state index is 0.0469. The molecule has 0 saturated heterocycles. The van der Waals surface area contributed by atoms with Gasteiger partial charge in [0.25, 0.3) is 0 Å². The molecule has 0 atom stereocenters. The van der Waals surface area contributed by atoms with Gasteiger partial charge in [-0.1, -0.05) is 54.1 Å². The Balaban J connectivity index is 1.58. The van der Waals surface area contributed by atoms with Crippen molar-refractivity contribution in [2.75, 3.05) is 25.9 Å². The molecule has 0 aliphatic heterocycles. The zero-order chi connectivity index (χ0) is 17.2. The molecule has 0 saturated carbocycles. The predicted octanol–water partition coefficient (Wildman–Crippen LogP) is 4.07. The van der Waals surface area contributed by atoms with E-state index in [9.17, 15) is 4.79 Å². The summed E-state index contributed by atoms with van der Waals surface area (Å²) in [5, 5.41) is 3.65. The highest BCUT2D eigenvalue weighted by molar-refractivity contribution is 8.00. The van der Waals surface area contributed by atoms with E-state index >= 15 is 0 Å². The van der Waals surface area contributed by atoms with Crippen molar-refractivity contribution in [2.24, 2.45) is 0 Å². The van der Waals surface area contributed by atoms with Crippen molar-refractivity contribution in [2.45, 2.75) is 17.9 Å². The Morgan fingerprint density at radius 2 is 1.83 bits per heavy atom. The molecule has 2 rings (SSSR count). The summed E-state index contributed by atoms with van der Waals surface area (Å²) in [6.45, 7) is 2.57. The SMILES string of the molecule is CN(CCCNC(=O)CSc1ccccc1Cl)Cc1ccccc1. The van der Waals surface area contributed by atoms with Crippen molar-refractivity contribution in [3.63, 3.8) is 0 Å². The van der Waals surface area contributed by atoms with Crippen LogP contribution in [-0.4, -0.2) is 36.7 Å². The maximum Gasteiger partial charge on any atom is 0.230 e. The van der Waals surface area contributed by atoms with Gasteiger partial charge in [0.1, 0.15) is 0 Å². The van der Waals surface area contributed by atoms with Crippen LogP contribution in [0.4, 0.5) is 0 Å². The fourth-order valence-electron chi connectivity index (χ4n) is 2.31. The van der Waals surface area contributed by atoms with E-state index in [1.54, 1.807) is 0 Å². The van der Waals surface area contributed by atoms with Crippen molar-refractivity contribution in [1.82, 2.24) is 10.2 Å². The number of thioether (sulfide) groups is 1. The van der Waals surface area contributed by atoms with Crippen LogP contribution in [0.5, 0.6) is 0 Å². The van der Waals surface area contributed by atoms with E-state index in [0.29, 0.717) is 17.3 Å². The monoisotopic (exact) mass is 362 g/mol. The second-order valence-corrected chi connectivity index (χ2v) is 7.07. The molecule has 3 nitrogen and oxygen atoms in total. The van der Waals surface area contributed by atoms with Gasteiger partial charge in [-0.05, 0) is 37.7 Å². The third kappa shape index (κ3) is 6.95. The number of nitrogens with one attached hydrogen (secondary N) is 1. The van der Waals surface area contributed by atoms with Gasteiger partial charge in [-0.2, -0.15) is 0 Å². The number of halogens is 1. The average Bonchev–Trinajstić information content (AvgIpc) is 2.59. The molecule has 2 aromatic carbocycles. The van der Waals surface area contributed by atoms with E-state index in [1.807, 2.05) is 30.3 Å². The van der Waals surface area contributed by atoms with E-state index < -0.39 is 0 Å². The van der Waals surface area contributed by atoms with E-state index in [2.05, 4.69) is 41.5 Å². The molecule has 0 aliphatic carbocycles. The first kappa shape index (κ1) is 18.8. The molecule has 1 amide bonds. The summed E-state index contributed by atoms with van der Waals surface area (Å²) < 4.78 is 0. The molecule has 0 radical (unpaired) electrons. The Morgan fingerprint density at radius 3 is 2.58 bits per heavy atom. The molecule has 1 N–H and O–H groups in total. The topological polar surface area (TPSA) is 32.3 Å².